The SMILES string of the molecule is NC(=O)C1Cc2ccccc2N1C(=O)CCN1C(=O)c2ccccc2C1=O. The molecular formula is C20H17N3O4. The summed E-state index contributed by atoms with van der Waals surface area (Å²) in [4.78, 5) is 51.9. The van der Waals surface area contributed by atoms with Gasteiger partial charge < -0.3 is 5.73 Å². The lowest BCUT2D eigenvalue weighted by atomic mass is 10.1. The number of primary amides is 1. The first-order valence-corrected chi connectivity index (χ1v) is 8.63. The smallest absolute Gasteiger partial charge is 0.261 e. The van der Waals surface area contributed by atoms with Gasteiger partial charge in [0.1, 0.15) is 6.04 Å². The number of nitrogens with zero attached hydrogens (tertiary/aromatic N) is 2. The molecule has 2 aromatic carbocycles. The second kappa shape index (κ2) is 6.35. The monoisotopic (exact) mass is 363 g/mol. The van der Waals surface area contributed by atoms with Crippen molar-refractivity contribution in [3.8, 4) is 0 Å². The fourth-order valence-electron chi connectivity index (χ4n) is 3.69. The highest BCUT2D eigenvalue weighted by Gasteiger charge is 2.39. The van der Waals surface area contributed by atoms with Gasteiger partial charge in [0.15, 0.2) is 0 Å². The number of carbonyl (C=O) groups excluding carboxylic acids is 4. The number of fused-ring (bicyclic) bond motifs is 2. The Labute approximate surface area is 155 Å². The lowest BCUT2D eigenvalue weighted by Crippen LogP contribution is -2.47. The van der Waals surface area contributed by atoms with Crippen LogP contribution in [0, 0.1) is 0 Å². The molecule has 0 aromatic heterocycles. The van der Waals surface area contributed by atoms with Gasteiger partial charge in [-0.15, -0.1) is 0 Å². The third kappa shape index (κ3) is 2.68. The molecule has 136 valence electrons. The first-order valence-electron chi connectivity index (χ1n) is 8.63. The van der Waals surface area contributed by atoms with Crippen molar-refractivity contribution in [1.29, 1.82) is 0 Å². The molecule has 0 bridgehead atoms. The van der Waals surface area contributed by atoms with Crippen LogP contribution in [0.1, 0.15) is 32.7 Å². The highest BCUT2D eigenvalue weighted by molar-refractivity contribution is 6.21. The van der Waals surface area contributed by atoms with Gasteiger partial charge in [-0.2, -0.15) is 0 Å². The number of anilines is 1. The van der Waals surface area contributed by atoms with E-state index in [0.29, 0.717) is 23.2 Å². The summed E-state index contributed by atoms with van der Waals surface area (Å²) in [6.45, 7) is -0.0463. The zero-order chi connectivity index (χ0) is 19.1. The van der Waals surface area contributed by atoms with E-state index in [9.17, 15) is 19.2 Å². The van der Waals surface area contributed by atoms with Gasteiger partial charge in [0.2, 0.25) is 11.8 Å². The van der Waals surface area contributed by atoms with Gasteiger partial charge in [0.05, 0.1) is 11.1 Å². The molecule has 27 heavy (non-hydrogen) atoms. The second-order valence-electron chi connectivity index (χ2n) is 6.57. The van der Waals surface area contributed by atoms with Gasteiger partial charge in [-0.05, 0) is 23.8 Å². The molecule has 2 aromatic rings. The fraction of sp³-hybridized carbons (Fsp3) is 0.200. The fourth-order valence-corrected chi connectivity index (χ4v) is 3.69. The van der Waals surface area contributed by atoms with Crippen LogP contribution in [0.15, 0.2) is 48.5 Å². The van der Waals surface area contributed by atoms with Crippen molar-refractivity contribution in [2.45, 2.75) is 18.9 Å². The molecule has 0 saturated carbocycles. The number of amides is 4. The van der Waals surface area contributed by atoms with Crippen molar-refractivity contribution in [1.82, 2.24) is 4.90 Å². The predicted octanol–water partition coefficient (Wildman–Crippen LogP) is 1.12. The molecule has 1 unspecified atom stereocenters. The van der Waals surface area contributed by atoms with Crippen molar-refractivity contribution >= 4 is 29.3 Å². The molecular weight excluding hydrogens is 346 g/mol. The number of hydrogen-bond donors (Lipinski definition) is 1. The zero-order valence-electron chi connectivity index (χ0n) is 14.4. The molecule has 7 heteroatoms. The molecule has 0 radical (unpaired) electrons. The Morgan fingerprint density at radius 3 is 2.19 bits per heavy atom. The second-order valence-corrected chi connectivity index (χ2v) is 6.57. The number of rotatable bonds is 4. The van der Waals surface area contributed by atoms with Gasteiger partial charge in [-0.1, -0.05) is 30.3 Å². The quantitative estimate of drug-likeness (QED) is 0.823. The van der Waals surface area contributed by atoms with Crippen LogP contribution in [0.5, 0.6) is 0 Å². The molecule has 1 atom stereocenters. The topological polar surface area (TPSA) is 101 Å². The average molecular weight is 363 g/mol. The van der Waals surface area contributed by atoms with Crippen molar-refractivity contribution in [2.75, 3.05) is 11.4 Å². The Hall–Kier alpha value is -3.48. The number of hydrogen-bond acceptors (Lipinski definition) is 4. The van der Waals surface area contributed by atoms with Crippen molar-refractivity contribution < 1.29 is 19.2 Å². The molecule has 0 saturated heterocycles. The molecule has 4 amide bonds. The molecule has 2 N–H and O–H groups in total. The van der Waals surface area contributed by atoms with Crippen LogP contribution in [0.2, 0.25) is 0 Å². The Kier molecular flexibility index (Phi) is 3.99. The first kappa shape index (κ1) is 17.0. The third-order valence-corrected chi connectivity index (χ3v) is 5.00. The molecule has 2 heterocycles. The van der Waals surface area contributed by atoms with Crippen LogP contribution >= 0.6 is 0 Å². The summed E-state index contributed by atoms with van der Waals surface area (Å²) in [7, 11) is 0. The van der Waals surface area contributed by atoms with Gasteiger partial charge in [-0.25, -0.2) is 0 Å². The van der Waals surface area contributed by atoms with E-state index in [-0.39, 0.29) is 18.9 Å². The lowest BCUT2D eigenvalue weighted by molar-refractivity contribution is -0.124. The molecule has 0 spiro atoms. The van der Waals surface area contributed by atoms with E-state index in [4.69, 9.17) is 5.73 Å². The molecule has 2 aliphatic heterocycles. The number of imide groups is 1. The Balaban J connectivity index is 1.52. The van der Waals surface area contributed by atoms with Crippen molar-refractivity contribution in [3.63, 3.8) is 0 Å². The van der Waals surface area contributed by atoms with E-state index in [1.165, 1.54) is 4.90 Å². The van der Waals surface area contributed by atoms with Gasteiger partial charge in [0, 0.05) is 25.1 Å². The number of carbonyl (C=O) groups is 4. The molecule has 0 fully saturated rings. The van der Waals surface area contributed by atoms with Crippen LogP contribution in [0.4, 0.5) is 5.69 Å². The highest BCUT2D eigenvalue weighted by atomic mass is 16.2. The van der Waals surface area contributed by atoms with Crippen LogP contribution in [0.25, 0.3) is 0 Å². The van der Waals surface area contributed by atoms with Gasteiger partial charge >= 0.3 is 0 Å². The van der Waals surface area contributed by atoms with E-state index in [1.54, 1.807) is 36.4 Å². The Bertz CT molecular complexity index is 950. The number of benzene rings is 2. The normalized spacial score (nSPS) is 17.9. The largest absolute Gasteiger partial charge is 0.368 e. The first-order chi connectivity index (χ1) is 13.0. The molecule has 2 aliphatic rings. The summed E-state index contributed by atoms with van der Waals surface area (Å²) in [5.41, 5.74) is 7.68. The van der Waals surface area contributed by atoms with Crippen LogP contribution in [-0.2, 0) is 16.0 Å². The summed E-state index contributed by atoms with van der Waals surface area (Å²) in [6.07, 6.45) is 0.286. The Morgan fingerprint density at radius 1 is 0.963 bits per heavy atom. The van der Waals surface area contributed by atoms with Crippen LogP contribution in [-0.4, -0.2) is 41.1 Å². The third-order valence-electron chi connectivity index (χ3n) is 5.00. The van der Waals surface area contributed by atoms with E-state index >= 15 is 0 Å². The maximum atomic E-state index is 12.8. The minimum atomic E-state index is -0.753. The maximum absolute atomic E-state index is 12.8. The van der Waals surface area contributed by atoms with E-state index in [1.807, 2.05) is 12.1 Å². The standard InChI is InChI=1S/C20H17N3O4/c21-18(25)16-11-12-5-1-4-8-15(12)23(16)17(24)9-10-22-19(26)13-6-2-3-7-14(13)20(22)27/h1-8,16H,9-11H2,(H2,21,25). The average Bonchev–Trinajstić information content (AvgIpc) is 3.17. The van der Waals surface area contributed by atoms with Gasteiger partial charge in [0.25, 0.3) is 11.8 Å². The summed E-state index contributed by atoms with van der Waals surface area (Å²) in [5, 5.41) is 0. The number of nitrogens with two attached hydrogens (primary N) is 1. The molecule has 0 aliphatic carbocycles. The van der Waals surface area contributed by atoms with Crippen molar-refractivity contribution in [2.24, 2.45) is 5.73 Å². The zero-order valence-corrected chi connectivity index (χ0v) is 14.4. The molecule has 4 rings (SSSR count). The van der Waals surface area contributed by atoms with E-state index in [2.05, 4.69) is 0 Å². The van der Waals surface area contributed by atoms with Crippen LogP contribution in [0.3, 0.4) is 0 Å². The van der Waals surface area contributed by atoms with E-state index in [0.717, 1.165) is 10.5 Å². The highest BCUT2D eigenvalue weighted by Crippen LogP contribution is 2.32. The molecule has 7 nitrogen and oxygen atoms in total. The summed E-state index contributed by atoms with van der Waals surface area (Å²) < 4.78 is 0. The van der Waals surface area contributed by atoms with Gasteiger partial charge in [-0.3, -0.25) is 29.0 Å². The van der Waals surface area contributed by atoms with E-state index < -0.39 is 23.8 Å². The minimum absolute atomic E-state index is 0.0463. The maximum Gasteiger partial charge on any atom is 0.261 e. The summed E-state index contributed by atoms with van der Waals surface area (Å²) >= 11 is 0. The number of para-hydroxylation sites is 1. The summed E-state index contributed by atoms with van der Waals surface area (Å²) in [6, 6.07) is 13.1. The van der Waals surface area contributed by atoms with Crippen molar-refractivity contribution in [3.05, 3.63) is 65.2 Å². The minimum Gasteiger partial charge on any atom is -0.368 e. The Morgan fingerprint density at radius 2 is 1.56 bits per heavy atom. The van der Waals surface area contributed by atoms with Crippen LogP contribution < -0.4 is 10.6 Å². The predicted molar refractivity (Wildman–Crippen MR) is 97.0 cm³/mol. The lowest BCUT2D eigenvalue weighted by Gasteiger charge is -2.24. The summed E-state index contributed by atoms with van der Waals surface area (Å²) in [5.74, 6) is -1.74.